The van der Waals surface area contributed by atoms with Crippen LogP contribution in [0.1, 0.15) is 33.6 Å². The summed E-state index contributed by atoms with van der Waals surface area (Å²) in [6.45, 7) is 1.94. The molecule has 1 aliphatic heterocycles. The fourth-order valence-electron chi connectivity index (χ4n) is 4.74. The molecule has 0 bridgehead atoms. The highest BCUT2D eigenvalue weighted by Crippen LogP contribution is 2.34. The summed E-state index contributed by atoms with van der Waals surface area (Å²) in [5.74, 6) is -0.347. The number of nitrogens with one attached hydrogen (secondary N) is 1. The lowest BCUT2D eigenvalue weighted by Gasteiger charge is -2.27. The summed E-state index contributed by atoms with van der Waals surface area (Å²) >= 11 is 6.29. The maximum Gasteiger partial charge on any atom is 0.258 e. The summed E-state index contributed by atoms with van der Waals surface area (Å²) in [5.41, 5.74) is 5.37. The molecule has 37 heavy (non-hydrogen) atoms. The van der Waals surface area contributed by atoms with Gasteiger partial charge in [-0.2, -0.15) is 0 Å². The first-order valence-corrected chi connectivity index (χ1v) is 12.8. The predicted molar refractivity (Wildman–Crippen MR) is 152 cm³/mol. The van der Waals surface area contributed by atoms with Crippen LogP contribution in [0.15, 0.2) is 97.1 Å². The maximum absolute atomic E-state index is 13.4. The third kappa shape index (κ3) is 5.37. The maximum atomic E-state index is 13.4. The molecule has 5 nitrogen and oxygen atoms in total. The Kier molecular flexibility index (Phi) is 7.24. The molecule has 1 heterocycles. The van der Waals surface area contributed by atoms with Gasteiger partial charge in [0.1, 0.15) is 0 Å². The van der Waals surface area contributed by atoms with E-state index in [2.05, 4.69) is 10.2 Å². The second-order valence-corrected chi connectivity index (χ2v) is 9.57. The second kappa shape index (κ2) is 10.9. The largest absolute Gasteiger partial charge is 0.370 e. The van der Waals surface area contributed by atoms with E-state index in [1.807, 2.05) is 72.8 Å². The minimum Gasteiger partial charge on any atom is -0.370 e. The fraction of sp³-hybridized carbons (Fsp3) is 0.161. The van der Waals surface area contributed by atoms with Gasteiger partial charge in [0.15, 0.2) is 0 Å². The summed E-state index contributed by atoms with van der Waals surface area (Å²) in [4.78, 5) is 30.4. The van der Waals surface area contributed by atoms with Crippen LogP contribution < -0.4 is 15.1 Å². The van der Waals surface area contributed by atoms with Gasteiger partial charge in [-0.05, 0) is 72.5 Å². The van der Waals surface area contributed by atoms with E-state index in [1.54, 1.807) is 36.2 Å². The number of benzene rings is 4. The molecule has 0 unspecified atom stereocenters. The van der Waals surface area contributed by atoms with Crippen LogP contribution in [0.5, 0.6) is 0 Å². The zero-order valence-corrected chi connectivity index (χ0v) is 21.4. The van der Waals surface area contributed by atoms with E-state index in [0.717, 1.165) is 48.4 Å². The Morgan fingerprint density at radius 2 is 1.51 bits per heavy atom. The van der Waals surface area contributed by atoms with Crippen molar-refractivity contribution in [1.82, 2.24) is 0 Å². The van der Waals surface area contributed by atoms with Crippen LogP contribution >= 0.6 is 11.6 Å². The molecule has 0 radical (unpaired) electrons. The molecule has 0 atom stereocenters. The number of hydrogen-bond donors (Lipinski definition) is 1. The van der Waals surface area contributed by atoms with Crippen molar-refractivity contribution < 1.29 is 9.59 Å². The van der Waals surface area contributed by atoms with Gasteiger partial charge in [-0.3, -0.25) is 9.59 Å². The molecule has 0 saturated carbocycles. The lowest BCUT2D eigenvalue weighted by atomic mass is 9.99. The first-order chi connectivity index (χ1) is 18.0. The van der Waals surface area contributed by atoms with E-state index in [9.17, 15) is 9.59 Å². The van der Waals surface area contributed by atoms with Gasteiger partial charge >= 0.3 is 0 Å². The van der Waals surface area contributed by atoms with Gasteiger partial charge in [0, 0.05) is 42.0 Å². The van der Waals surface area contributed by atoms with Crippen LogP contribution in [0.4, 0.5) is 17.1 Å². The molecule has 6 heteroatoms. The predicted octanol–water partition coefficient (Wildman–Crippen LogP) is 7.14. The Hall–Kier alpha value is -4.09. The zero-order valence-electron chi connectivity index (χ0n) is 20.7. The van der Waals surface area contributed by atoms with Crippen molar-refractivity contribution in [2.75, 3.05) is 35.3 Å². The van der Waals surface area contributed by atoms with Gasteiger partial charge < -0.3 is 15.1 Å². The molecule has 0 spiro atoms. The number of anilines is 3. The lowest BCUT2D eigenvalue weighted by molar-refractivity contribution is 0.0991. The minimum atomic E-state index is -0.204. The molecule has 1 saturated heterocycles. The fourth-order valence-corrected chi connectivity index (χ4v) is 4.91. The molecular weight excluding hydrogens is 482 g/mol. The molecule has 1 aliphatic rings. The Bertz CT molecular complexity index is 1410. The highest BCUT2D eigenvalue weighted by atomic mass is 35.5. The SMILES string of the molecule is CN(C(=O)c1ccc(NC(=O)c2ccccc2-c2ccccc2)cc1)c1cc(Cl)ccc1N1CCCC1. The van der Waals surface area contributed by atoms with Crippen molar-refractivity contribution in [2.45, 2.75) is 12.8 Å². The summed E-state index contributed by atoms with van der Waals surface area (Å²) < 4.78 is 0. The highest BCUT2D eigenvalue weighted by Gasteiger charge is 2.22. The molecule has 4 aromatic rings. The van der Waals surface area contributed by atoms with Crippen LogP contribution in [0.2, 0.25) is 5.02 Å². The average Bonchev–Trinajstić information content (AvgIpc) is 3.48. The van der Waals surface area contributed by atoms with Crippen LogP contribution in [-0.4, -0.2) is 32.0 Å². The number of nitrogens with zero attached hydrogens (tertiary/aromatic N) is 2. The van der Waals surface area contributed by atoms with E-state index < -0.39 is 0 Å². The summed E-state index contributed by atoms with van der Waals surface area (Å²) in [6.07, 6.45) is 2.28. The summed E-state index contributed by atoms with van der Waals surface area (Å²) in [7, 11) is 1.77. The molecular formula is C31H28ClN3O2. The van der Waals surface area contributed by atoms with Crippen molar-refractivity contribution in [3.8, 4) is 11.1 Å². The van der Waals surface area contributed by atoms with E-state index in [4.69, 9.17) is 11.6 Å². The third-order valence-electron chi connectivity index (χ3n) is 6.70. The number of carbonyl (C=O) groups is 2. The standard InChI is InChI=1S/C31H28ClN3O2/c1-34(29-21-24(32)15-18-28(29)35-19-7-8-20-35)31(37)23-13-16-25(17-14-23)33-30(36)27-12-6-5-11-26(27)22-9-3-2-4-10-22/h2-6,9-18,21H,7-8,19-20H2,1H3,(H,33,36). The summed E-state index contributed by atoms with van der Waals surface area (Å²) in [6, 6.07) is 30.0. The minimum absolute atomic E-state index is 0.144. The Labute approximate surface area is 222 Å². The second-order valence-electron chi connectivity index (χ2n) is 9.13. The number of carbonyl (C=O) groups excluding carboxylic acids is 2. The Morgan fingerprint density at radius 3 is 2.24 bits per heavy atom. The van der Waals surface area contributed by atoms with Gasteiger partial charge in [0.05, 0.1) is 11.4 Å². The molecule has 0 aliphatic carbocycles. The normalized spacial score (nSPS) is 12.9. The number of hydrogen-bond acceptors (Lipinski definition) is 3. The average molecular weight is 510 g/mol. The first kappa shape index (κ1) is 24.6. The van der Waals surface area contributed by atoms with Crippen LogP contribution in [0.3, 0.4) is 0 Å². The lowest BCUT2D eigenvalue weighted by Crippen LogP contribution is -2.29. The smallest absolute Gasteiger partial charge is 0.258 e. The van der Waals surface area contributed by atoms with Crippen molar-refractivity contribution in [1.29, 1.82) is 0 Å². The molecule has 2 amide bonds. The number of rotatable bonds is 6. The third-order valence-corrected chi connectivity index (χ3v) is 6.93. The van der Waals surface area contributed by atoms with Gasteiger partial charge in [-0.15, -0.1) is 0 Å². The molecule has 0 aromatic heterocycles. The Morgan fingerprint density at radius 1 is 0.838 bits per heavy atom. The Balaban J connectivity index is 1.33. The number of halogens is 1. The zero-order chi connectivity index (χ0) is 25.8. The quantitative estimate of drug-likeness (QED) is 0.300. The topological polar surface area (TPSA) is 52.7 Å². The highest BCUT2D eigenvalue weighted by molar-refractivity contribution is 6.31. The van der Waals surface area contributed by atoms with Crippen LogP contribution in [0.25, 0.3) is 11.1 Å². The van der Waals surface area contributed by atoms with Crippen molar-refractivity contribution >= 4 is 40.5 Å². The van der Waals surface area contributed by atoms with E-state index in [0.29, 0.717) is 21.8 Å². The van der Waals surface area contributed by atoms with Crippen molar-refractivity contribution in [3.63, 3.8) is 0 Å². The van der Waals surface area contributed by atoms with E-state index in [1.165, 1.54) is 0 Å². The molecule has 1 fully saturated rings. The molecule has 5 rings (SSSR count). The van der Waals surface area contributed by atoms with E-state index >= 15 is 0 Å². The van der Waals surface area contributed by atoms with Crippen LogP contribution in [-0.2, 0) is 0 Å². The van der Waals surface area contributed by atoms with Gasteiger partial charge in [-0.1, -0.05) is 60.1 Å². The van der Waals surface area contributed by atoms with Gasteiger partial charge in [0.2, 0.25) is 0 Å². The monoisotopic (exact) mass is 509 g/mol. The molecule has 4 aromatic carbocycles. The van der Waals surface area contributed by atoms with Crippen molar-refractivity contribution in [2.24, 2.45) is 0 Å². The first-order valence-electron chi connectivity index (χ1n) is 12.4. The molecule has 186 valence electrons. The van der Waals surface area contributed by atoms with Gasteiger partial charge in [0.25, 0.3) is 11.8 Å². The van der Waals surface area contributed by atoms with Gasteiger partial charge in [-0.25, -0.2) is 0 Å². The van der Waals surface area contributed by atoms with E-state index in [-0.39, 0.29) is 11.8 Å². The summed E-state index contributed by atoms with van der Waals surface area (Å²) in [5, 5.41) is 3.55. The van der Waals surface area contributed by atoms with Crippen molar-refractivity contribution in [3.05, 3.63) is 113 Å². The number of amides is 2. The molecule has 1 N–H and O–H groups in total. The van der Waals surface area contributed by atoms with Crippen LogP contribution in [0, 0.1) is 0 Å².